The van der Waals surface area contributed by atoms with Gasteiger partial charge in [-0.05, 0) is 36.4 Å². The molecule has 35 heavy (non-hydrogen) atoms. The number of ketones is 1. The van der Waals surface area contributed by atoms with Crippen LogP contribution in [-0.2, 0) is 9.59 Å². The van der Waals surface area contributed by atoms with Crippen LogP contribution in [0.25, 0.3) is 5.76 Å². The van der Waals surface area contributed by atoms with Gasteiger partial charge in [0.15, 0.2) is 0 Å². The second kappa shape index (κ2) is 9.68. The first-order valence-electron chi connectivity index (χ1n) is 10.4. The van der Waals surface area contributed by atoms with E-state index in [9.17, 15) is 14.7 Å². The second-order valence-electron chi connectivity index (χ2n) is 7.58. The standard InChI is InChI=1S/C26H21ClFNO6/c1-33-15-10-8-14(9-11-15)29-23(16-6-4-5-7-19(16)28)22(25(31)26(29)32)24(30)17-12-21(35-3)18(27)13-20(17)34-2/h4-13,23,30H,1-3H3/b24-22+. The molecule has 1 saturated heterocycles. The van der Waals surface area contributed by atoms with E-state index < -0.39 is 29.3 Å². The van der Waals surface area contributed by atoms with E-state index in [4.69, 9.17) is 25.8 Å². The average Bonchev–Trinajstić information content (AvgIpc) is 3.13. The molecule has 1 N–H and O–H groups in total. The molecule has 1 fully saturated rings. The number of nitrogens with zero attached hydrogens (tertiary/aromatic N) is 1. The van der Waals surface area contributed by atoms with E-state index >= 15 is 4.39 Å². The lowest BCUT2D eigenvalue weighted by Crippen LogP contribution is -2.29. The van der Waals surface area contributed by atoms with Crippen LogP contribution in [0.15, 0.2) is 66.2 Å². The van der Waals surface area contributed by atoms with E-state index in [0.29, 0.717) is 11.4 Å². The van der Waals surface area contributed by atoms with E-state index in [2.05, 4.69) is 0 Å². The van der Waals surface area contributed by atoms with Gasteiger partial charge in [0.05, 0.1) is 43.5 Å². The van der Waals surface area contributed by atoms with Crippen LogP contribution in [0.3, 0.4) is 0 Å². The Morgan fingerprint density at radius 1 is 0.943 bits per heavy atom. The number of carbonyl (C=O) groups excluding carboxylic acids is 2. The van der Waals surface area contributed by atoms with E-state index in [0.717, 1.165) is 4.90 Å². The molecule has 7 nitrogen and oxygen atoms in total. The zero-order valence-corrected chi connectivity index (χ0v) is 19.8. The number of benzene rings is 3. The third-order valence-electron chi connectivity index (χ3n) is 5.72. The van der Waals surface area contributed by atoms with Gasteiger partial charge < -0.3 is 19.3 Å². The SMILES string of the molecule is COc1ccc(N2C(=O)C(=O)/C(=C(/O)c3cc(OC)c(Cl)cc3OC)C2c2ccccc2F)cc1. The van der Waals surface area contributed by atoms with Crippen LogP contribution < -0.4 is 19.1 Å². The highest BCUT2D eigenvalue weighted by Gasteiger charge is 2.48. The maximum absolute atomic E-state index is 15.0. The van der Waals surface area contributed by atoms with Crippen LogP contribution in [-0.4, -0.2) is 38.1 Å². The molecule has 0 bridgehead atoms. The van der Waals surface area contributed by atoms with Crippen molar-refractivity contribution in [3.63, 3.8) is 0 Å². The van der Waals surface area contributed by atoms with Gasteiger partial charge >= 0.3 is 0 Å². The molecule has 1 heterocycles. The van der Waals surface area contributed by atoms with Crippen LogP contribution in [0.4, 0.5) is 10.1 Å². The molecule has 0 saturated carbocycles. The summed E-state index contributed by atoms with van der Waals surface area (Å²) in [4.78, 5) is 27.7. The van der Waals surface area contributed by atoms with Gasteiger partial charge in [0.2, 0.25) is 0 Å². The molecule has 0 spiro atoms. The predicted molar refractivity (Wildman–Crippen MR) is 129 cm³/mol. The first kappa shape index (κ1) is 24.1. The third kappa shape index (κ3) is 4.17. The molecule has 1 aliphatic rings. The lowest BCUT2D eigenvalue weighted by atomic mass is 9.94. The van der Waals surface area contributed by atoms with Crippen LogP contribution >= 0.6 is 11.6 Å². The molecule has 0 radical (unpaired) electrons. The minimum Gasteiger partial charge on any atom is -0.507 e. The van der Waals surface area contributed by atoms with Crippen molar-refractivity contribution in [1.82, 2.24) is 0 Å². The van der Waals surface area contributed by atoms with E-state index in [1.54, 1.807) is 30.3 Å². The van der Waals surface area contributed by atoms with Crippen molar-refractivity contribution in [1.29, 1.82) is 0 Å². The largest absolute Gasteiger partial charge is 0.507 e. The van der Waals surface area contributed by atoms with Crippen LogP contribution in [0, 0.1) is 5.82 Å². The summed E-state index contributed by atoms with van der Waals surface area (Å²) in [6.45, 7) is 0. The van der Waals surface area contributed by atoms with Gasteiger partial charge in [-0.25, -0.2) is 4.39 Å². The van der Waals surface area contributed by atoms with Crippen molar-refractivity contribution in [2.24, 2.45) is 0 Å². The van der Waals surface area contributed by atoms with Crippen molar-refractivity contribution >= 4 is 34.7 Å². The molecule has 4 rings (SSSR count). The van der Waals surface area contributed by atoms with Gasteiger partial charge in [0, 0.05) is 17.3 Å². The Morgan fingerprint density at radius 3 is 2.20 bits per heavy atom. The molecule has 1 atom stereocenters. The van der Waals surface area contributed by atoms with Gasteiger partial charge in [-0.15, -0.1) is 0 Å². The molecule has 1 unspecified atom stereocenters. The van der Waals surface area contributed by atoms with E-state index in [1.807, 2.05) is 0 Å². The van der Waals surface area contributed by atoms with E-state index in [1.165, 1.54) is 51.7 Å². The lowest BCUT2D eigenvalue weighted by molar-refractivity contribution is -0.132. The predicted octanol–water partition coefficient (Wildman–Crippen LogP) is 5.13. The Morgan fingerprint density at radius 2 is 1.60 bits per heavy atom. The number of amides is 1. The molecule has 1 amide bonds. The quantitative estimate of drug-likeness (QED) is 0.289. The van der Waals surface area contributed by atoms with Crippen LogP contribution in [0.5, 0.6) is 17.2 Å². The molecule has 180 valence electrons. The topological polar surface area (TPSA) is 85.3 Å². The second-order valence-corrected chi connectivity index (χ2v) is 7.98. The maximum Gasteiger partial charge on any atom is 0.300 e. The zero-order valence-electron chi connectivity index (χ0n) is 19.0. The summed E-state index contributed by atoms with van der Waals surface area (Å²) < 4.78 is 30.8. The summed E-state index contributed by atoms with van der Waals surface area (Å²) in [6, 6.07) is 13.7. The van der Waals surface area contributed by atoms with Gasteiger partial charge in [-0.3, -0.25) is 14.5 Å². The maximum atomic E-state index is 15.0. The molecule has 3 aromatic carbocycles. The summed E-state index contributed by atoms with van der Waals surface area (Å²) in [5.41, 5.74) is 0.103. The normalized spacial score (nSPS) is 16.9. The van der Waals surface area contributed by atoms with Gasteiger partial charge in [-0.1, -0.05) is 29.8 Å². The Hall–Kier alpha value is -4.04. The Labute approximate surface area is 205 Å². The van der Waals surface area contributed by atoms with Crippen LogP contribution in [0.2, 0.25) is 5.02 Å². The lowest BCUT2D eigenvalue weighted by Gasteiger charge is -2.26. The minimum atomic E-state index is -1.25. The first-order chi connectivity index (χ1) is 16.8. The number of rotatable bonds is 6. The van der Waals surface area contributed by atoms with Crippen molar-refractivity contribution in [2.45, 2.75) is 6.04 Å². The number of aliphatic hydroxyl groups excluding tert-OH is 1. The first-order valence-corrected chi connectivity index (χ1v) is 10.8. The fourth-order valence-corrected chi connectivity index (χ4v) is 4.25. The van der Waals surface area contributed by atoms with E-state index in [-0.39, 0.29) is 33.2 Å². The Balaban J connectivity index is 2.00. The molecule has 0 aliphatic carbocycles. The molecule has 0 aromatic heterocycles. The zero-order chi connectivity index (χ0) is 25.3. The summed E-state index contributed by atoms with van der Waals surface area (Å²) in [7, 11) is 4.24. The summed E-state index contributed by atoms with van der Waals surface area (Å²) in [6.07, 6.45) is 0. The number of anilines is 1. The smallest absolute Gasteiger partial charge is 0.300 e. The summed E-state index contributed by atoms with van der Waals surface area (Å²) >= 11 is 6.18. The molecular formula is C26H21ClFNO6. The van der Waals surface area contributed by atoms with Crippen molar-refractivity contribution in [3.05, 3.63) is 88.2 Å². The number of ether oxygens (including phenoxy) is 3. The summed E-state index contributed by atoms with van der Waals surface area (Å²) in [5, 5.41) is 11.6. The average molecular weight is 498 g/mol. The van der Waals surface area contributed by atoms with Gasteiger partial charge in [-0.2, -0.15) is 0 Å². The van der Waals surface area contributed by atoms with Gasteiger partial charge in [0.1, 0.15) is 28.8 Å². The number of hydrogen-bond acceptors (Lipinski definition) is 6. The fraction of sp³-hybridized carbons (Fsp3) is 0.154. The third-order valence-corrected chi connectivity index (χ3v) is 6.02. The molecule has 9 heteroatoms. The monoisotopic (exact) mass is 497 g/mol. The Kier molecular flexibility index (Phi) is 6.66. The van der Waals surface area contributed by atoms with Crippen molar-refractivity contribution < 1.29 is 33.3 Å². The number of halogens is 2. The minimum absolute atomic E-state index is 0.0314. The molecule has 1 aliphatic heterocycles. The van der Waals surface area contributed by atoms with Crippen LogP contribution in [0.1, 0.15) is 17.2 Å². The Bertz CT molecular complexity index is 1340. The van der Waals surface area contributed by atoms with Crippen molar-refractivity contribution in [3.8, 4) is 17.2 Å². The highest BCUT2D eigenvalue weighted by molar-refractivity contribution is 6.51. The van der Waals surface area contributed by atoms with Crippen molar-refractivity contribution in [2.75, 3.05) is 26.2 Å². The molecule has 3 aromatic rings. The molecular weight excluding hydrogens is 477 g/mol. The number of methoxy groups -OCH3 is 3. The number of hydrogen-bond donors (Lipinski definition) is 1. The summed E-state index contributed by atoms with van der Waals surface area (Å²) in [5.74, 6) is -2.24. The highest BCUT2D eigenvalue weighted by Crippen LogP contribution is 2.45. The number of Topliss-reactive ketones (excluding diaryl/α,β-unsaturated/α-hetero) is 1. The number of carbonyl (C=O) groups is 2. The fourth-order valence-electron chi connectivity index (χ4n) is 4.02. The van der Waals surface area contributed by atoms with Gasteiger partial charge in [0.25, 0.3) is 11.7 Å². The number of aliphatic hydroxyl groups is 1. The highest BCUT2D eigenvalue weighted by atomic mass is 35.5.